The maximum atomic E-state index is 13.4. The molecule has 2 aromatic rings. The van der Waals surface area contributed by atoms with Crippen LogP contribution < -0.4 is 5.32 Å². The fraction of sp³-hybridized carbons (Fsp3) is 0.364. The molecule has 0 aromatic heterocycles. The van der Waals surface area contributed by atoms with E-state index in [0.29, 0.717) is 17.6 Å². The first kappa shape index (κ1) is 21.5. The molecule has 1 fully saturated rings. The van der Waals surface area contributed by atoms with Crippen LogP contribution in [0.4, 0.5) is 4.39 Å². The molecule has 2 amide bonds. The number of hydrogen-bond acceptors (Lipinski definition) is 3. The Morgan fingerprint density at radius 2 is 2.00 bits per heavy atom. The van der Waals surface area contributed by atoms with E-state index in [1.807, 2.05) is 30.3 Å². The fourth-order valence-corrected chi connectivity index (χ4v) is 3.73. The maximum Gasteiger partial charge on any atom is 0.252 e. The smallest absolute Gasteiger partial charge is 0.252 e. The first-order valence-electron chi connectivity index (χ1n) is 9.69. The minimum absolute atomic E-state index is 0.0528. The van der Waals surface area contributed by atoms with Gasteiger partial charge in [0.25, 0.3) is 5.91 Å². The summed E-state index contributed by atoms with van der Waals surface area (Å²) in [5.41, 5.74) is 1.25. The summed E-state index contributed by atoms with van der Waals surface area (Å²) in [6.45, 7) is 1.95. The molecule has 1 unspecified atom stereocenters. The zero-order valence-corrected chi connectivity index (χ0v) is 17.7. The first-order valence-corrected chi connectivity index (χ1v) is 10.5. The van der Waals surface area contributed by atoms with Gasteiger partial charge in [0, 0.05) is 37.1 Å². The van der Waals surface area contributed by atoms with Gasteiger partial charge in [0.1, 0.15) is 5.82 Å². The fourth-order valence-electron chi connectivity index (χ4n) is 3.30. The molecule has 1 aliphatic rings. The molecule has 0 bridgehead atoms. The largest absolute Gasteiger partial charge is 0.376 e. The second-order valence-electron chi connectivity index (χ2n) is 7.02. The van der Waals surface area contributed by atoms with E-state index in [-0.39, 0.29) is 30.5 Å². The lowest BCUT2D eigenvalue weighted by molar-refractivity contribution is -0.133. The van der Waals surface area contributed by atoms with Gasteiger partial charge in [0.2, 0.25) is 5.91 Å². The monoisotopic (exact) mass is 462 g/mol. The van der Waals surface area contributed by atoms with Crippen molar-refractivity contribution in [2.24, 2.45) is 0 Å². The van der Waals surface area contributed by atoms with Crippen molar-refractivity contribution >= 4 is 27.7 Å². The zero-order chi connectivity index (χ0) is 20.6. The molecule has 154 valence electrons. The average molecular weight is 463 g/mol. The molecule has 2 aromatic carbocycles. The summed E-state index contributed by atoms with van der Waals surface area (Å²) < 4.78 is 19.6. The molecule has 1 atom stereocenters. The van der Waals surface area contributed by atoms with Gasteiger partial charge in [0.15, 0.2) is 0 Å². The lowest BCUT2D eigenvalue weighted by Crippen LogP contribution is -2.38. The van der Waals surface area contributed by atoms with Crippen LogP contribution in [0.2, 0.25) is 0 Å². The van der Waals surface area contributed by atoms with Crippen molar-refractivity contribution in [1.82, 2.24) is 10.2 Å². The zero-order valence-electron chi connectivity index (χ0n) is 16.1. The van der Waals surface area contributed by atoms with E-state index in [1.165, 1.54) is 18.2 Å². The average Bonchev–Trinajstić information content (AvgIpc) is 3.23. The van der Waals surface area contributed by atoms with E-state index in [4.69, 9.17) is 4.74 Å². The lowest BCUT2D eigenvalue weighted by Gasteiger charge is -2.26. The predicted octanol–water partition coefficient (Wildman–Crippen LogP) is 3.92. The standard InChI is InChI=1S/C22H24BrFN2O3/c23-20-9-8-17(24)13-19(20)22(28)25-11-10-21(27)26(15-18-7-4-12-29-18)14-16-5-2-1-3-6-16/h1-3,5-6,8-9,13,18H,4,7,10-12,14-15H2,(H,25,28). The summed E-state index contributed by atoms with van der Waals surface area (Å²) in [6, 6.07) is 13.7. The Balaban J connectivity index is 1.57. The summed E-state index contributed by atoms with van der Waals surface area (Å²) in [7, 11) is 0. The highest BCUT2D eigenvalue weighted by Crippen LogP contribution is 2.18. The maximum absolute atomic E-state index is 13.4. The van der Waals surface area contributed by atoms with Crippen LogP contribution >= 0.6 is 15.9 Å². The highest BCUT2D eigenvalue weighted by atomic mass is 79.9. The topological polar surface area (TPSA) is 58.6 Å². The third-order valence-electron chi connectivity index (χ3n) is 4.81. The third kappa shape index (κ3) is 6.37. The van der Waals surface area contributed by atoms with Gasteiger partial charge in [-0.15, -0.1) is 0 Å². The second-order valence-corrected chi connectivity index (χ2v) is 7.88. The third-order valence-corrected chi connectivity index (χ3v) is 5.51. The summed E-state index contributed by atoms with van der Waals surface area (Å²) in [5.74, 6) is -0.958. The number of carbonyl (C=O) groups excluding carboxylic acids is 2. The Hall–Kier alpha value is -2.25. The van der Waals surface area contributed by atoms with Gasteiger partial charge in [-0.05, 0) is 52.5 Å². The number of rotatable bonds is 8. The molecule has 0 radical (unpaired) electrons. The number of ether oxygens (including phenoxy) is 1. The van der Waals surface area contributed by atoms with E-state index in [2.05, 4.69) is 21.2 Å². The van der Waals surface area contributed by atoms with Crippen molar-refractivity contribution < 1.29 is 18.7 Å². The molecule has 5 nitrogen and oxygen atoms in total. The number of hydrogen-bond donors (Lipinski definition) is 1. The molecular weight excluding hydrogens is 439 g/mol. The van der Waals surface area contributed by atoms with Crippen LogP contribution in [0.5, 0.6) is 0 Å². The number of halogens is 2. The Morgan fingerprint density at radius 1 is 1.21 bits per heavy atom. The number of amides is 2. The molecule has 0 spiro atoms. The molecular formula is C22H24BrFN2O3. The number of nitrogens with one attached hydrogen (secondary N) is 1. The highest BCUT2D eigenvalue weighted by Gasteiger charge is 2.23. The van der Waals surface area contributed by atoms with Gasteiger partial charge in [-0.1, -0.05) is 30.3 Å². The van der Waals surface area contributed by atoms with Crippen LogP contribution in [0.25, 0.3) is 0 Å². The molecule has 29 heavy (non-hydrogen) atoms. The summed E-state index contributed by atoms with van der Waals surface area (Å²) in [6.07, 6.45) is 2.18. The van der Waals surface area contributed by atoms with Crippen molar-refractivity contribution in [3.63, 3.8) is 0 Å². The van der Waals surface area contributed by atoms with Crippen LogP contribution in [-0.4, -0.2) is 42.5 Å². The SMILES string of the molecule is O=C(NCCC(=O)N(Cc1ccccc1)CC1CCCO1)c1cc(F)ccc1Br. The van der Waals surface area contributed by atoms with Crippen LogP contribution in [0.3, 0.4) is 0 Å². The van der Waals surface area contributed by atoms with Gasteiger partial charge in [-0.25, -0.2) is 4.39 Å². The normalized spacial score (nSPS) is 15.9. The molecule has 3 rings (SSSR count). The van der Waals surface area contributed by atoms with Crippen LogP contribution in [0.1, 0.15) is 35.2 Å². The molecule has 1 heterocycles. The van der Waals surface area contributed by atoms with E-state index in [0.717, 1.165) is 25.0 Å². The Bertz CT molecular complexity index is 841. The van der Waals surface area contributed by atoms with E-state index in [9.17, 15) is 14.0 Å². The van der Waals surface area contributed by atoms with Gasteiger partial charge in [-0.2, -0.15) is 0 Å². The molecule has 7 heteroatoms. The molecule has 1 aliphatic heterocycles. The Kier molecular flexibility index (Phi) is 7.77. The Labute approximate surface area is 178 Å². The van der Waals surface area contributed by atoms with Crippen molar-refractivity contribution in [3.8, 4) is 0 Å². The minimum Gasteiger partial charge on any atom is -0.376 e. The number of benzene rings is 2. The second kappa shape index (κ2) is 10.5. The van der Waals surface area contributed by atoms with E-state index in [1.54, 1.807) is 4.90 Å². The van der Waals surface area contributed by atoms with E-state index >= 15 is 0 Å². The van der Waals surface area contributed by atoms with Crippen LogP contribution in [-0.2, 0) is 16.1 Å². The number of carbonyl (C=O) groups is 2. The molecule has 0 aliphatic carbocycles. The predicted molar refractivity (Wildman–Crippen MR) is 112 cm³/mol. The molecule has 1 saturated heterocycles. The van der Waals surface area contributed by atoms with E-state index < -0.39 is 11.7 Å². The first-order chi connectivity index (χ1) is 14.0. The van der Waals surface area contributed by atoms with Crippen molar-refractivity contribution in [2.75, 3.05) is 19.7 Å². The van der Waals surface area contributed by atoms with Gasteiger partial charge in [0.05, 0.1) is 11.7 Å². The summed E-state index contributed by atoms with van der Waals surface area (Å²) >= 11 is 3.24. The van der Waals surface area contributed by atoms with Crippen molar-refractivity contribution in [3.05, 3.63) is 69.9 Å². The molecule has 0 saturated carbocycles. The van der Waals surface area contributed by atoms with Crippen molar-refractivity contribution in [1.29, 1.82) is 0 Å². The van der Waals surface area contributed by atoms with Gasteiger partial charge < -0.3 is 15.0 Å². The molecule has 1 N–H and O–H groups in total. The summed E-state index contributed by atoms with van der Waals surface area (Å²) in [4.78, 5) is 26.9. The van der Waals surface area contributed by atoms with Crippen molar-refractivity contribution in [2.45, 2.75) is 31.9 Å². The highest BCUT2D eigenvalue weighted by molar-refractivity contribution is 9.10. The lowest BCUT2D eigenvalue weighted by atomic mass is 10.1. The quantitative estimate of drug-likeness (QED) is 0.646. The minimum atomic E-state index is -0.486. The van der Waals surface area contributed by atoms with Crippen LogP contribution in [0, 0.1) is 5.82 Å². The number of nitrogens with zero attached hydrogens (tertiary/aromatic N) is 1. The Morgan fingerprint density at radius 3 is 2.72 bits per heavy atom. The van der Waals surface area contributed by atoms with Crippen LogP contribution in [0.15, 0.2) is 53.0 Å². The van der Waals surface area contributed by atoms with Gasteiger partial charge >= 0.3 is 0 Å². The van der Waals surface area contributed by atoms with Gasteiger partial charge in [-0.3, -0.25) is 9.59 Å². The summed E-state index contributed by atoms with van der Waals surface area (Å²) in [5, 5.41) is 2.70.